The number of anilines is 2. The Bertz CT molecular complexity index is 1310. The highest BCUT2D eigenvalue weighted by Crippen LogP contribution is 2.33. The van der Waals surface area contributed by atoms with E-state index in [1.165, 1.54) is 19.2 Å². The van der Waals surface area contributed by atoms with Crippen LogP contribution in [0.15, 0.2) is 65.1 Å². The van der Waals surface area contributed by atoms with Crippen molar-refractivity contribution in [3.63, 3.8) is 0 Å². The Morgan fingerprint density at radius 1 is 0.938 bits per heavy atom. The number of hydrogen-bond donors (Lipinski definition) is 2. The third kappa shape index (κ3) is 4.42. The predicted molar refractivity (Wildman–Crippen MR) is 126 cm³/mol. The number of methoxy groups -OCH3 is 1. The van der Waals surface area contributed by atoms with E-state index in [-0.39, 0.29) is 28.0 Å². The molecule has 1 aromatic heterocycles. The van der Waals surface area contributed by atoms with Gasteiger partial charge in [-0.05, 0) is 55.0 Å². The maximum atomic E-state index is 12.8. The van der Waals surface area contributed by atoms with E-state index in [4.69, 9.17) is 32.4 Å². The van der Waals surface area contributed by atoms with Crippen molar-refractivity contribution in [2.24, 2.45) is 0 Å². The standard InChI is InChI=1S/C24H18Cl2N2O4/c1-13-9-16(27-23(29)17-11-15(25)12-18(26)22(17)31-2)7-8-19(13)28-24(30)21-10-14-5-3-4-6-20(14)32-21/h3-12H,1-2H3,(H,27,29)(H,28,30). The van der Waals surface area contributed by atoms with Gasteiger partial charge in [0.15, 0.2) is 5.76 Å². The Morgan fingerprint density at radius 3 is 2.44 bits per heavy atom. The Kier molecular flexibility index (Phi) is 6.08. The molecule has 0 spiro atoms. The van der Waals surface area contributed by atoms with Crippen LogP contribution in [0.5, 0.6) is 5.75 Å². The number of furan rings is 1. The second-order valence-electron chi connectivity index (χ2n) is 7.05. The molecule has 4 aromatic rings. The number of halogens is 2. The van der Waals surface area contributed by atoms with Crippen molar-refractivity contribution in [1.82, 2.24) is 0 Å². The number of ether oxygens (including phenoxy) is 1. The first kappa shape index (κ1) is 21.7. The molecule has 6 nitrogen and oxygen atoms in total. The van der Waals surface area contributed by atoms with Crippen LogP contribution in [-0.2, 0) is 0 Å². The van der Waals surface area contributed by atoms with Gasteiger partial charge in [0.1, 0.15) is 11.3 Å². The zero-order chi connectivity index (χ0) is 22.8. The summed E-state index contributed by atoms with van der Waals surface area (Å²) in [6, 6.07) is 17.2. The van der Waals surface area contributed by atoms with Gasteiger partial charge in [0.2, 0.25) is 0 Å². The van der Waals surface area contributed by atoms with Gasteiger partial charge >= 0.3 is 0 Å². The Labute approximate surface area is 194 Å². The molecule has 0 aliphatic rings. The molecule has 1 heterocycles. The summed E-state index contributed by atoms with van der Waals surface area (Å²) >= 11 is 12.1. The van der Waals surface area contributed by atoms with Crippen molar-refractivity contribution in [3.8, 4) is 5.75 Å². The highest BCUT2D eigenvalue weighted by molar-refractivity contribution is 6.36. The molecule has 0 aliphatic carbocycles. The smallest absolute Gasteiger partial charge is 0.291 e. The average molecular weight is 469 g/mol. The first-order valence-corrected chi connectivity index (χ1v) is 10.4. The molecule has 0 bridgehead atoms. The highest BCUT2D eigenvalue weighted by Gasteiger charge is 2.18. The summed E-state index contributed by atoms with van der Waals surface area (Å²) in [7, 11) is 1.43. The zero-order valence-electron chi connectivity index (χ0n) is 17.2. The van der Waals surface area contributed by atoms with E-state index in [1.54, 1.807) is 30.3 Å². The van der Waals surface area contributed by atoms with Gasteiger partial charge in [-0.2, -0.15) is 0 Å². The van der Waals surface area contributed by atoms with Crippen molar-refractivity contribution in [3.05, 3.63) is 87.6 Å². The summed E-state index contributed by atoms with van der Waals surface area (Å²) in [5, 5.41) is 7.04. The SMILES string of the molecule is COc1c(Cl)cc(Cl)cc1C(=O)Nc1ccc(NC(=O)c2cc3ccccc3o2)c(C)c1. The van der Waals surface area contributed by atoms with E-state index in [2.05, 4.69) is 10.6 Å². The molecule has 0 saturated heterocycles. The molecule has 2 amide bonds. The van der Waals surface area contributed by atoms with E-state index < -0.39 is 5.91 Å². The molecule has 162 valence electrons. The summed E-state index contributed by atoms with van der Waals surface area (Å²) in [5.41, 5.74) is 2.74. The molecule has 3 aromatic carbocycles. The van der Waals surface area contributed by atoms with Gasteiger partial charge in [-0.3, -0.25) is 9.59 Å². The van der Waals surface area contributed by atoms with Crippen LogP contribution in [-0.4, -0.2) is 18.9 Å². The molecule has 32 heavy (non-hydrogen) atoms. The van der Waals surface area contributed by atoms with E-state index in [0.717, 1.165) is 10.9 Å². The fourth-order valence-electron chi connectivity index (χ4n) is 3.29. The Balaban J connectivity index is 1.51. The first-order chi connectivity index (χ1) is 15.4. The second kappa shape index (κ2) is 8.94. The number of benzene rings is 3. The largest absolute Gasteiger partial charge is 0.494 e. The predicted octanol–water partition coefficient (Wildman–Crippen LogP) is 6.56. The molecule has 0 radical (unpaired) electrons. The summed E-state index contributed by atoms with van der Waals surface area (Å²) in [4.78, 5) is 25.4. The van der Waals surface area contributed by atoms with Gasteiger partial charge in [0, 0.05) is 21.8 Å². The highest BCUT2D eigenvalue weighted by atomic mass is 35.5. The fraction of sp³-hybridized carbons (Fsp3) is 0.0833. The molecule has 0 saturated carbocycles. The molecule has 8 heteroatoms. The molecular weight excluding hydrogens is 451 g/mol. The summed E-state index contributed by atoms with van der Waals surface area (Å²) in [6.07, 6.45) is 0. The fourth-order valence-corrected chi connectivity index (χ4v) is 3.86. The number of hydrogen-bond acceptors (Lipinski definition) is 4. The second-order valence-corrected chi connectivity index (χ2v) is 7.90. The minimum absolute atomic E-state index is 0.213. The average Bonchev–Trinajstić information content (AvgIpc) is 3.19. The van der Waals surface area contributed by atoms with Crippen LogP contribution in [0.25, 0.3) is 11.0 Å². The molecule has 0 atom stereocenters. The van der Waals surface area contributed by atoms with E-state index in [0.29, 0.717) is 22.0 Å². The molecule has 2 N–H and O–H groups in total. The summed E-state index contributed by atoms with van der Waals surface area (Å²) in [5.74, 6) is -0.336. The topological polar surface area (TPSA) is 80.6 Å². The number of fused-ring (bicyclic) bond motifs is 1. The third-order valence-corrected chi connectivity index (χ3v) is 5.34. The van der Waals surface area contributed by atoms with Crippen LogP contribution in [0.3, 0.4) is 0 Å². The number of amides is 2. The lowest BCUT2D eigenvalue weighted by molar-refractivity contribution is 0.0996. The van der Waals surface area contributed by atoms with Crippen molar-refractivity contribution in [2.75, 3.05) is 17.7 Å². The number of para-hydroxylation sites is 1. The van der Waals surface area contributed by atoms with Gasteiger partial charge in [0.25, 0.3) is 11.8 Å². The molecule has 0 aliphatic heterocycles. The summed E-state index contributed by atoms with van der Waals surface area (Å²) in [6.45, 7) is 1.82. The number of aryl methyl sites for hydroxylation is 1. The minimum Gasteiger partial charge on any atom is -0.494 e. The minimum atomic E-state index is -0.426. The van der Waals surface area contributed by atoms with Crippen LogP contribution in [0, 0.1) is 6.92 Å². The Hall–Kier alpha value is -3.48. The number of carbonyl (C=O) groups is 2. The van der Waals surface area contributed by atoms with E-state index in [9.17, 15) is 9.59 Å². The van der Waals surface area contributed by atoms with Crippen molar-refractivity contribution in [2.45, 2.75) is 6.92 Å². The lowest BCUT2D eigenvalue weighted by Crippen LogP contribution is -2.15. The van der Waals surface area contributed by atoms with Gasteiger partial charge in [0.05, 0.1) is 17.7 Å². The van der Waals surface area contributed by atoms with Gasteiger partial charge in [-0.25, -0.2) is 0 Å². The normalized spacial score (nSPS) is 10.8. The van der Waals surface area contributed by atoms with Crippen LogP contribution in [0.1, 0.15) is 26.5 Å². The van der Waals surface area contributed by atoms with Crippen LogP contribution >= 0.6 is 23.2 Å². The molecule has 4 rings (SSSR count). The zero-order valence-corrected chi connectivity index (χ0v) is 18.7. The molecule has 0 unspecified atom stereocenters. The first-order valence-electron chi connectivity index (χ1n) is 9.60. The third-order valence-electron chi connectivity index (χ3n) is 4.84. The lowest BCUT2D eigenvalue weighted by Gasteiger charge is -2.13. The van der Waals surface area contributed by atoms with Crippen LogP contribution in [0.2, 0.25) is 10.0 Å². The quantitative estimate of drug-likeness (QED) is 0.347. The monoisotopic (exact) mass is 468 g/mol. The van der Waals surface area contributed by atoms with E-state index in [1.807, 2.05) is 25.1 Å². The Morgan fingerprint density at radius 2 is 1.72 bits per heavy atom. The maximum absolute atomic E-state index is 12.8. The van der Waals surface area contributed by atoms with E-state index >= 15 is 0 Å². The number of nitrogens with one attached hydrogen (secondary N) is 2. The van der Waals surface area contributed by atoms with Crippen molar-refractivity contribution < 1.29 is 18.7 Å². The van der Waals surface area contributed by atoms with Crippen LogP contribution in [0.4, 0.5) is 11.4 Å². The molecule has 0 fully saturated rings. The maximum Gasteiger partial charge on any atom is 0.291 e. The number of rotatable bonds is 5. The van der Waals surface area contributed by atoms with Gasteiger partial charge in [-0.15, -0.1) is 0 Å². The van der Waals surface area contributed by atoms with Gasteiger partial charge in [-0.1, -0.05) is 41.4 Å². The molecular formula is C24H18Cl2N2O4. The summed E-state index contributed by atoms with van der Waals surface area (Å²) < 4.78 is 10.8. The van der Waals surface area contributed by atoms with Gasteiger partial charge < -0.3 is 19.8 Å². The van der Waals surface area contributed by atoms with Crippen molar-refractivity contribution in [1.29, 1.82) is 0 Å². The number of carbonyl (C=O) groups excluding carboxylic acids is 2. The lowest BCUT2D eigenvalue weighted by atomic mass is 10.1. The van der Waals surface area contributed by atoms with Crippen molar-refractivity contribution >= 4 is 57.4 Å². The van der Waals surface area contributed by atoms with Crippen LogP contribution < -0.4 is 15.4 Å².